The highest BCUT2D eigenvalue weighted by Crippen LogP contribution is 2.31. The predicted molar refractivity (Wildman–Crippen MR) is 83.3 cm³/mol. The highest BCUT2D eigenvalue weighted by Gasteiger charge is 2.30. The Balaban J connectivity index is 2.00. The second-order valence-electron chi connectivity index (χ2n) is 5.07. The summed E-state index contributed by atoms with van der Waals surface area (Å²) in [6, 6.07) is 9.62. The first-order valence-corrected chi connectivity index (χ1v) is 7.04. The lowest BCUT2D eigenvalue weighted by Gasteiger charge is -2.12. The van der Waals surface area contributed by atoms with Crippen LogP contribution >= 0.6 is 0 Å². The molecular formula is C17H16F3NO3. The molecule has 0 aromatic heterocycles. The van der Waals surface area contributed by atoms with Crippen LogP contribution in [0.5, 0.6) is 11.5 Å². The van der Waals surface area contributed by atoms with Gasteiger partial charge in [0.25, 0.3) is 5.91 Å². The summed E-state index contributed by atoms with van der Waals surface area (Å²) in [7, 11) is 1.47. The molecule has 0 fully saturated rings. The number of benzene rings is 2. The van der Waals surface area contributed by atoms with Crippen molar-refractivity contribution < 1.29 is 27.4 Å². The molecule has 0 saturated carbocycles. The molecule has 0 aliphatic rings. The van der Waals surface area contributed by atoms with E-state index in [0.717, 1.165) is 17.7 Å². The molecule has 0 aliphatic carbocycles. The van der Waals surface area contributed by atoms with Crippen molar-refractivity contribution in [3.63, 3.8) is 0 Å². The fraction of sp³-hybridized carbons (Fsp3) is 0.235. The van der Waals surface area contributed by atoms with E-state index in [2.05, 4.69) is 5.32 Å². The number of carbonyl (C=O) groups excluding carboxylic acids is 1. The summed E-state index contributed by atoms with van der Waals surface area (Å²) >= 11 is 0. The summed E-state index contributed by atoms with van der Waals surface area (Å²) in [6.07, 6.45) is -4.46. The van der Waals surface area contributed by atoms with E-state index >= 15 is 0 Å². The molecule has 1 amide bonds. The molecule has 7 heteroatoms. The number of carbonyl (C=O) groups is 1. The van der Waals surface area contributed by atoms with E-state index in [-0.39, 0.29) is 5.75 Å². The molecule has 128 valence electrons. The van der Waals surface area contributed by atoms with Gasteiger partial charge in [-0.05, 0) is 42.8 Å². The molecule has 0 unspecified atom stereocenters. The zero-order chi connectivity index (χ0) is 17.7. The third-order valence-corrected chi connectivity index (χ3v) is 3.16. The molecule has 0 bridgehead atoms. The highest BCUT2D eigenvalue weighted by molar-refractivity contribution is 5.93. The third kappa shape index (κ3) is 4.65. The van der Waals surface area contributed by atoms with Crippen molar-refractivity contribution in [2.24, 2.45) is 0 Å². The summed E-state index contributed by atoms with van der Waals surface area (Å²) < 4.78 is 48.1. The molecule has 2 rings (SSSR count). The Morgan fingerprint density at radius 3 is 2.58 bits per heavy atom. The molecular weight excluding hydrogens is 323 g/mol. The van der Waals surface area contributed by atoms with Gasteiger partial charge in [0, 0.05) is 0 Å². The van der Waals surface area contributed by atoms with Crippen molar-refractivity contribution in [3.8, 4) is 11.5 Å². The van der Waals surface area contributed by atoms with Gasteiger partial charge in [0.15, 0.2) is 6.61 Å². The second-order valence-corrected chi connectivity index (χ2v) is 5.07. The molecule has 0 heterocycles. The summed E-state index contributed by atoms with van der Waals surface area (Å²) in [6.45, 7) is 1.44. The minimum absolute atomic E-state index is 0.0313. The quantitative estimate of drug-likeness (QED) is 0.894. The fourth-order valence-electron chi connectivity index (χ4n) is 2.02. The van der Waals surface area contributed by atoms with Gasteiger partial charge >= 0.3 is 6.18 Å². The van der Waals surface area contributed by atoms with Gasteiger partial charge in [0.1, 0.15) is 11.5 Å². The Morgan fingerprint density at radius 1 is 1.17 bits per heavy atom. The van der Waals surface area contributed by atoms with Crippen molar-refractivity contribution in [2.75, 3.05) is 19.0 Å². The van der Waals surface area contributed by atoms with E-state index in [9.17, 15) is 18.0 Å². The van der Waals surface area contributed by atoms with Gasteiger partial charge in [-0.2, -0.15) is 13.2 Å². The van der Waals surface area contributed by atoms with Crippen LogP contribution in [-0.2, 0) is 11.0 Å². The molecule has 1 N–H and O–H groups in total. The lowest BCUT2D eigenvalue weighted by molar-refractivity contribution is -0.137. The zero-order valence-corrected chi connectivity index (χ0v) is 13.1. The number of hydrogen-bond donors (Lipinski definition) is 1. The lowest BCUT2D eigenvalue weighted by Crippen LogP contribution is -2.20. The Labute approximate surface area is 137 Å². The van der Waals surface area contributed by atoms with Crippen LogP contribution in [-0.4, -0.2) is 19.6 Å². The molecule has 2 aromatic carbocycles. The van der Waals surface area contributed by atoms with E-state index in [1.807, 2.05) is 13.0 Å². The van der Waals surface area contributed by atoms with Gasteiger partial charge in [0.2, 0.25) is 0 Å². The predicted octanol–water partition coefficient (Wildman–Crippen LogP) is 4.04. The molecule has 0 saturated heterocycles. The molecule has 0 aliphatic heterocycles. The van der Waals surface area contributed by atoms with Crippen molar-refractivity contribution in [3.05, 3.63) is 53.6 Å². The van der Waals surface area contributed by atoms with Crippen molar-refractivity contribution in [2.45, 2.75) is 13.1 Å². The van der Waals surface area contributed by atoms with Crippen LogP contribution in [0.1, 0.15) is 11.1 Å². The second kappa shape index (κ2) is 7.25. The number of methoxy groups -OCH3 is 1. The van der Waals surface area contributed by atoms with Gasteiger partial charge in [-0.25, -0.2) is 0 Å². The number of alkyl halides is 3. The summed E-state index contributed by atoms with van der Waals surface area (Å²) in [4.78, 5) is 11.9. The maximum atomic E-state index is 12.6. The van der Waals surface area contributed by atoms with Crippen LogP contribution in [0.2, 0.25) is 0 Å². The monoisotopic (exact) mass is 339 g/mol. The van der Waals surface area contributed by atoms with E-state index in [0.29, 0.717) is 11.4 Å². The fourth-order valence-corrected chi connectivity index (χ4v) is 2.02. The van der Waals surface area contributed by atoms with Crippen LogP contribution in [0, 0.1) is 6.92 Å². The van der Waals surface area contributed by atoms with Crippen molar-refractivity contribution in [1.29, 1.82) is 0 Å². The smallest absolute Gasteiger partial charge is 0.416 e. The summed E-state index contributed by atoms with van der Waals surface area (Å²) in [5.74, 6) is -0.0551. The Hall–Kier alpha value is -2.70. The van der Waals surface area contributed by atoms with Crippen LogP contribution in [0.4, 0.5) is 18.9 Å². The van der Waals surface area contributed by atoms with Gasteiger partial charge in [-0.3, -0.25) is 4.79 Å². The average Bonchev–Trinajstić information content (AvgIpc) is 2.53. The summed E-state index contributed by atoms with van der Waals surface area (Å²) in [5, 5.41) is 2.61. The molecule has 2 aromatic rings. The number of ether oxygens (including phenoxy) is 2. The van der Waals surface area contributed by atoms with Gasteiger partial charge in [0.05, 0.1) is 18.4 Å². The maximum Gasteiger partial charge on any atom is 0.416 e. The number of aryl methyl sites for hydroxylation is 1. The van der Waals surface area contributed by atoms with E-state index in [4.69, 9.17) is 9.47 Å². The van der Waals surface area contributed by atoms with Gasteiger partial charge in [-0.15, -0.1) is 0 Å². The van der Waals surface area contributed by atoms with Crippen LogP contribution in [0.25, 0.3) is 0 Å². The van der Waals surface area contributed by atoms with Gasteiger partial charge < -0.3 is 14.8 Å². The molecule has 4 nitrogen and oxygen atoms in total. The SMILES string of the molecule is COc1ccc(C)cc1NC(=O)COc1cccc(C(F)(F)F)c1. The zero-order valence-electron chi connectivity index (χ0n) is 13.1. The Bertz CT molecular complexity index is 729. The van der Waals surface area contributed by atoms with E-state index < -0.39 is 24.3 Å². The number of hydrogen-bond acceptors (Lipinski definition) is 3. The minimum atomic E-state index is -4.46. The van der Waals surface area contributed by atoms with Crippen molar-refractivity contribution >= 4 is 11.6 Å². The number of anilines is 1. The van der Waals surface area contributed by atoms with Gasteiger partial charge in [-0.1, -0.05) is 12.1 Å². The first-order chi connectivity index (χ1) is 11.3. The normalized spacial score (nSPS) is 11.0. The maximum absolute atomic E-state index is 12.6. The highest BCUT2D eigenvalue weighted by atomic mass is 19.4. The first kappa shape index (κ1) is 17.7. The van der Waals surface area contributed by atoms with E-state index in [1.54, 1.807) is 12.1 Å². The van der Waals surface area contributed by atoms with Crippen molar-refractivity contribution in [1.82, 2.24) is 0 Å². The molecule has 24 heavy (non-hydrogen) atoms. The lowest BCUT2D eigenvalue weighted by atomic mass is 10.2. The average molecular weight is 339 g/mol. The van der Waals surface area contributed by atoms with Crippen LogP contribution < -0.4 is 14.8 Å². The largest absolute Gasteiger partial charge is 0.495 e. The minimum Gasteiger partial charge on any atom is -0.495 e. The van der Waals surface area contributed by atoms with Crippen LogP contribution in [0.15, 0.2) is 42.5 Å². The Kier molecular flexibility index (Phi) is 5.33. The Morgan fingerprint density at radius 2 is 1.92 bits per heavy atom. The topological polar surface area (TPSA) is 47.6 Å². The van der Waals surface area contributed by atoms with Crippen LogP contribution in [0.3, 0.4) is 0 Å². The number of rotatable bonds is 5. The standard InChI is InChI=1S/C17H16F3NO3/c1-11-6-7-15(23-2)14(8-11)21-16(22)10-24-13-5-3-4-12(9-13)17(18,19)20/h3-9H,10H2,1-2H3,(H,21,22). The third-order valence-electron chi connectivity index (χ3n) is 3.16. The van der Waals surface area contributed by atoms with E-state index in [1.165, 1.54) is 19.2 Å². The summed E-state index contributed by atoms with van der Waals surface area (Å²) in [5.41, 5.74) is 0.556. The number of halogens is 3. The number of amides is 1. The molecule has 0 radical (unpaired) electrons. The molecule has 0 atom stereocenters. The number of nitrogens with one attached hydrogen (secondary N) is 1. The molecule has 0 spiro atoms. The first-order valence-electron chi connectivity index (χ1n) is 7.04.